The molecule has 4 saturated carbocycles. The Labute approximate surface area is 180 Å². The zero-order chi connectivity index (χ0) is 20.9. The third-order valence-electron chi connectivity index (χ3n) is 7.02. The second-order valence-corrected chi connectivity index (χ2v) is 9.65. The molecule has 0 unspecified atom stereocenters. The van der Waals surface area contributed by atoms with Crippen LogP contribution in [-0.2, 0) is 0 Å². The summed E-state index contributed by atoms with van der Waals surface area (Å²) < 4.78 is 0. The minimum Gasteiger partial charge on any atom is -0.378 e. The van der Waals surface area contributed by atoms with Gasteiger partial charge in [-0.25, -0.2) is 0 Å². The summed E-state index contributed by atoms with van der Waals surface area (Å²) in [7, 11) is 0. The van der Waals surface area contributed by atoms with E-state index in [1.807, 2.05) is 24.3 Å². The van der Waals surface area contributed by atoms with Crippen LogP contribution in [0.25, 0.3) is 0 Å². The third kappa shape index (κ3) is 3.54. The summed E-state index contributed by atoms with van der Waals surface area (Å²) >= 11 is 6.14. The number of hydrogen-bond donors (Lipinski definition) is 2. The van der Waals surface area contributed by atoms with Crippen LogP contribution in [-0.4, -0.2) is 16.4 Å². The fraction of sp³-hybridized carbons (Fsp3) is 0.435. The molecule has 6 rings (SSSR count). The standard InChI is InChI=1S/C23H24ClN3O3/c24-19-10-17(27(29)30)5-6-18(19)22(28)25-20-3-1-2-4-21(20)26-23-11-14-7-15(12-23)9-16(8-14)13-23/h1-6,10,14-16,26H,7-9,11-13H2,(H,25,28). The number of amides is 1. The van der Waals surface area contributed by atoms with Crippen molar-refractivity contribution in [1.29, 1.82) is 0 Å². The molecule has 0 radical (unpaired) electrons. The Bertz CT molecular complexity index is 987. The minimum absolute atomic E-state index is 0.0632. The summed E-state index contributed by atoms with van der Waals surface area (Å²) in [6.45, 7) is 0. The monoisotopic (exact) mass is 425 g/mol. The number of non-ortho nitro benzene ring substituents is 1. The maximum absolute atomic E-state index is 12.8. The molecule has 4 aliphatic carbocycles. The zero-order valence-electron chi connectivity index (χ0n) is 16.6. The first kappa shape index (κ1) is 19.4. The summed E-state index contributed by atoms with van der Waals surface area (Å²) in [6, 6.07) is 11.6. The molecule has 4 bridgehead atoms. The lowest BCUT2D eigenvalue weighted by atomic mass is 9.53. The molecule has 1 amide bonds. The number of benzene rings is 2. The van der Waals surface area contributed by atoms with Gasteiger partial charge in [-0.2, -0.15) is 0 Å². The number of para-hydroxylation sites is 2. The maximum Gasteiger partial charge on any atom is 0.270 e. The van der Waals surface area contributed by atoms with Gasteiger partial charge in [-0.05, 0) is 74.5 Å². The Kier molecular flexibility index (Phi) is 4.69. The molecule has 0 spiro atoms. The van der Waals surface area contributed by atoms with E-state index in [0.29, 0.717) is 5.69 Å². The lowest BCUT2D eigenvalue weighted by Crippen LogP contribution is -2.54. The van der Waals surface area contributed by atoms with Gasteiger partial charge in [-0.15, -0.1) is 0 Å². The first-order chi connectivity index (χ1) is 14.4. The van der Waals surface area contributed by atoms with E-state index in [4.69, 9.17) is 11.6 Å². The van der Waals surface area contributed by atoms with Crippen LogP contribution in [0.1, 0.15) is 48.9 Å². The van der Waals surface area contributed by atoms with Crippen LogP contribution in [0.3, 0.4) is 0 Å². The fourth-order valence-electron chi connectivity index (χ4n) is 6.24. The fourth-order valence-corrected chi connectivity index (χ4v) is 6.50. The molecule has 0 saturated heterocycles. The zero-order valence-corrected chi connectivity index (χ0v) is 17.3. The molecule has 4 fully saturated rings. The Morgan fingerprint density at radius 3 is 2.17 bits per heavy atom. The van der Waals surface area contributed by atoms with Gasteiger partial charge < -0.3 is 10.6 Å². The molecule has 7 heteroatoms. The number of carbonyl (C=O) groups excluding carboxylic acids is 1. The van der Waals surface area contributed by atoms with E-state index in [2.05, 4.69) is 10.6 Å². The summed E-state index contributed by atoms with van der Waals surface area (Å²) in [4.78, 5) is 23.2. The van der Waals surface area contributed by atoms with E-state index in [1.54, 1.807) is 0 Å². The lowest BCUT2D eigenvalue weighted by Gasteiger charge is -2.57. The van der Waals surface area contributed by atoms with Crippen molar-refractivity contribution in [3.05, 3.63) is 63.2 Å². The van der Waals surface area contributed by atoms with E-state index in [0.717, 1.165) is 23.4 Å². The summed E-state index contributed by atoms with van der Waals surface area (Å²) in [5.74, 6) is 2.09. The maximum atomic E-state index is 12.8. The first-order valence-corrected chi connectivity index (χ1v) is 10.9. The van der Waals surface area contributed by atoms with Gasteiger partial charge in [0, 0.05) is 17.7 Å². The van der Waals surface area contributed by atoms with Crippen LogP contribution >= 0.6 is 11.6 Å². The normalized spacial score (nSPS) is 28.9. The van der Waals surface area contributed by atoms with Gasteiger partial charge in [0.25, 0.3) is 11.6 Å². The highest BCUT2D eigenvalue weighted by Crippen LogP contribution is 2.56. The van der Waals surface area contributed by atoms with E-state index in [-0.39, 0.29) is 27.7 Å². The Morgan fingerprint density at radius 2 is 1.60 bits per heavy atom. The Balaban J connectivity index is 1.37. The third-order valence-corrected chi connectivity index (χ3v) is 7.33. The van der Waals surface area contributed by atoms with Gasteiger partial charge in [0.1, 0.15) is 0 Å². The molecular formula is C23H24ClN3O3. The number of nitro benzene ring substituents is 1. The lowest BCUT2D eigenvalue weighted by molar-refractivity contribution is -0.384. The van der Waals surface area contributed by atoms with Gasteiger partial charge >= 0.3 is 0 Å². The molecule has 2 N–H and O–H groups in total. The number of halogens is 1. The van der Waals surface area contributed by atoms with Crippen molar-refractivity contribution in [3.63, 3.8) is 0 Å². The Morgan fingerprint density at radius 1 is 1.00 bits per heavy atom. The molecule has 0 aliphatic heterocycles. The highest BCUT2D eigenvalue weighted by Gasteiger charge is 2.51. The van der Waals surface area contributed by atoms with Crippen molar-refractivity contribution in [3.8, 4) is 0 Å². The van der Waals surface area contributed by atoms with Gasteiger partial charge in [0.05, 0.1) is 26.9 Å². The molecule has 2 aromatic rings. The highest BCUT2D eigenvalue weighted by atomic mass is 35.5. The van der Waals surface area contributed by atoms with E-state index < -0.39 is 4.92 Å². The van der Waals surface area contributed by atoms with Gasteiger partial charge in [0.2, 0.25) is 0 Å². The highest BCUT2D eigenvalue weighted by molar-refractivity contribution is 6.34. The quantitative estimate of drug-likeness (QED) is 0.462. The molecule has 0 aromatic heterocycles. The second-order valence-electron chi connectivity index (χ2n) is 9.24. The van der Waals surface area contributed by atoms with Crippen LogP contribution in [0.2, 0.25) is 5.02 Å². The smallest absolute Gasteiger partial charge is 0.270 e. The number of nitro groups is 1. The van der Waals surface area contributed by atoms with Crippen LogP contribution < -0.4 is 10.6 Å². The van der Waals surface area contributed by atoms with E-state index >= 15 is 0 Å². The van der Waals surface area contributed by atoms with Crippen molar-refractivity contribution in [1.82, 2.24) is 0 Å². The number of nitrogens with one attached hydrogen (secondary N) is 2. The largest absolute Gasteiger partial charge is 0.378 e. The van der Waals surface area contributed by atoms with Gasteiger partial charge in [0.15, 0.2) is 0 Å². The molecule has 156 valence electrons. The van der Waals surface area contributed by atoms with Gasteiger partial charge in [-0.3, -0.25) is 14.9 Å². The number of nitrogens with zero attached hydrogens (tertiary/aromatic N) is 1. The molecule has 0 heterocycles. The molecule has 30 heavy (non-hydrogen) atoms. The van der Waals surface area contributed by atoms with Crippen molar-refractivity contribution < 1.29 is 9.72 Å². The SMILES string of the molecule is O=C(Nc1ccccc1NC12CC3CC(CC(C3)C1)C2)c1ccc([N+](=O)[O-])cc1Cl. The molecule has 4 aliphatic rings. The molecule has 2 aromatic carbocycles. The van der Waals surface area contributed by atoms with Crippen LogP contribution in [0.15, 0.2) is 42.5 Å². The number of carbonyl (C=O) groups is 1. The van der Waals surface area contributed by atoms with E-state index in [1.165, 1.54) is 56.7 Å². The molecule has 0 atom stereocenters. The van der Waals surface area contributed by atoms with Gasteiger partial charge in [-0.1, -0.05) is 23.7 Å². The molecular weight excluding hydrogens is 402 g/mol. The average Bonchev–Trinajstić information content (AvgIpc) is 2.68. The van der Waals surface area contributed by atoms with Crippen LogP contribution in [0.4, 0.5) is 17.1 Å². The number of hydrogen-bond acceptors (Lipinski definition) is 4. The predicted octanol–water partition coefficient (Wildman–Crippen LogP) is 5.88. The topological polar surface area (TPSA) is 84.3 Å². The van der Waals surface area contributed by atoms with Crippen molar-refractivity contribution in [2.45, 2.75) is 44.1 Å². The first-order valence-electron chi connectivity index (χ1n) is 10.5. The van der Waals surface area contributed by atoms with E-state index in [9.17, 15) is 14.9 Å². The predicted molar refractivity (Wildman–Crippen MR) is 117 cm³/mol. The minimum atomic E-state index is -0.530. The summed E-state index contributed by atoms with van der Waals surface area (Å²) in [6.07, 6.45) is 7.73. The summed E-state index contributed by atoms with van der Waals surface area (Å²) in [5, 5.41) is 17.7. The summed E-state index contributed by atoms with van der Waals surface area (Å²) in [5.41, 5.74) is 1.83. The number of anilines is 2. The van der Waals surface area contributed by atoms with Crippen molar-refractivity contribution in [2.24, 2.45) is 17.8 Å². The molecule has 6 nitrogen and oxygen atoms in total. The second kappa shape index (κ2) is 7.27. The van der Waals surface area contributed by atoms with Crippen molar-refractivity contribution in [2.75, 3.05) is 10.6 Å². The number of rotatable bonds is 5. The van der Waals surface area contributed by atoms with Crippen LogP contribution in [0.5, 0.6) is 0 Å². The average molecular weight is 426 g/mol. The Hall–Kier alpha value is -2.60. The van der Waals surface area contributed by atoms with Crippen molar-refractivity contribution >= 4 is 34.6 Å². The van der Waals surface area contributed by atoms with Crippen LogP contribution in [0, 0.1) is 27.9 Å².